The summed E-state index contributed by atoms with van der Waals surface area (Å²) in [4.78, 5) is 11.4. The van der Waals surface area contributed by atoms with Crippen molar-refractivity contribution in [3.8, 4) is 11.5 Å². The van der Waals surface area contributed by atoms with Crippen molar-refractivity contribution in [2.24, 2.45) is 5.73 Å². The monoisotopic (exact) mass is 387 g/mol. The number of esters is 1. The van der Waals surface area contributed by atoms with Crippen LogP contribution in [0.25, 0.3) is 0 Å². The summed E-state index contributed by atoms with van der Waals surface area (Å²) < 4.78 is 68.6. The van der Waals surface area contributed by atoms with Gasteiger partial charge in [-0.1, -0.05) is 6.07 Å². The van der Waals surface area contributed by atoms with Crippen LogP contribution in [-0.4, -0.2) is 26.2 Å². The summed E-state index contributed by atoms with van der Waals surface area (Å²) in [5.41, 5.74) is 6.62. The number of methoxy groups -OCH3 is 2. The van der Waals surface area contributed by atoms with Gasteiger partial charge in [-0.2, -0.15) is 8.78 Å². The molecule has 5 nitrogen and oxygen atoms in total. The van der Waals surface area contributed by atoms with Crippen LogP contribution >= 0.6 is 0 Å². The van der Waals surface area contributed by atoms with Gasteiger partial charge in [0.25, 0.3) is 0 Å². The lowest BCUT2D eigenvalue weighted by Crippen LogP contribution is -2.33. The number of hydrogen-bond donors (Lipinski definition) is 1. The van der Waals surface area contributed by atoms with E-state index in [1.165, 1.54) is 26.4 Å². The molecular formula is C18H17F4NO4. The Morgan fingerprint density at radius 2 is 1.70 bits per heavy atom. The Morgan fingerprint density at radius 1 is 1.07 bits per heavy atom. The van der Waals surface area contributed by atoms with Crippen molar-refractivity contribution in [2.75, 3.05) is 14.2 Å². The van der Waals surface area contributed by atoms with Crippen LogP contribution in [0.4, 0.5) is 17.6 Å². The predicted molar refractivity (Wildman–Crippen MR) is 87.3 cm³/mol. The fraction of sp³-hybridized carbons (Fsp3) is 0.278. The lowest BCUT2D eigenvalue weighted by molar-refractivity contribution is -0.142. The zero-order valence-corrected chi connectivity index (χ0v) is 14.5. The minimum absolute atomic E-state index is 0.0902. The molecule has 0 amide bonds. The van der Waals surface area contributed by atoms with E-state index in [0.717, 1.165) is 0 Å². The van der Waals surface area contributed by atoms with Gasteiger partial charge in [0, 0.05) is 11.6 Å². The molecular weight excluding hydrogens is 370 g/mol. The van der Waals surface area contributed by atoms with E-state index in [9.17, 15) is 22.4 Å². The second-order valence-corrected chi connectivity index (χ2v) is 5.57. The van der Waals surface area contributed by atoms with Gasteiger partial charge >= 0.3 is 5.97 Å². The zero-order chi connectivity index (χ0) is 20.1. The standard InChI is InChI=1S/C18H17F4NO4/c1-25-14-4-3-9(6-13(23)18(24)26-2)5-10(14)8-27-17-15(21)11(19)7-12(20)16(17)22/h3-5,7,13H,6,8,23H2,1-2H3. The van der Waals surface area contributed by atoms with Crippen molar-refractivity contribution in [3.05, 3.63) is 58.7 Å². The summed E-state index contributed by atoms with van der Waals surface area (Å²) in [6.45, 7) is -0.443. The second kappa shape index (κ2) is 8.72. The van der Waals surface area contributed by atoms with E-state index in [-0.39, 0.29) is 12.5 Å². The molecule has 0 spiro atoms. The number of halogens is 4. The first-order valence-corrected chi connectivity index (χ1v) is 7.73. The fourth-order valence-corrected chi connectivity index (χ4v) is 2.39. The Kier molecular flexibility index (Phi) is 6.62. The normalized spacial score (nSPS) is 11.8. The molecule has 0 aliphatic carbocycles. The smallest absolute Gasteiger partial charge is 0.322 e. The molecule has 2 N–H and O–H groups in total. The van der Waals surface area contributed by atoms with Crippen LogP contribution in [0.15, 0.2) is 24.3 Å². The number of rotatable bonds is 7. The summed E-state index contributed by atoms with van der Waals surface area (Å²) in [5.74, 6) is -7.91. The molecule has 0 aliphatic rings. The first-order chi connectivity index (χ1) is 12.8. The Hall–Kier alpha value is -2.81. The molecule has 0 bridgehead atoms. The molecule has 0 saturated heterocycles. The SMILES string of the molecule is COC(=O)C(N)Cc1ccc(OC)c(COc2c(F)c(F)cc(F)c2F)c1. The van der Waals surface area contributed by atoms with E-state index in [0.29, 0.717) is 16.9 Å². The van der Waals surface area contributed by atoms with E-state index in [1.807, 2.05) is 0 Å². The molecule has 1 unspecified atom stereocenters. The quantitative estimate of drug-likeness (QED) is 0.450. The van der Waals surface area contributed by atoms with Gasteiger partial charge in [-0.05, 0) is 24.1 Å². The highest BCUT2D eigenvalue weighted by molar-refractivity contribution is 5.75. The van der Waals surface area contributed by atoms with Crippen molar-refractivity contribution in [3.63, 3.8) is 0 Å². The molecule has 0 fully saturated rings. The largest absolute Gasteiger partial charge is 0.496 e. The van der Waals surface area contributed by atoms with E-state index < -0.39 is 47.6 Å². The third kappa shape index (κ3) is 4.68. The third-order valence-corrected chi connectivity index (χ3v) is 3.75. The molecule has 0 heterocycles. The van der Waals surface area contributed by atoms with Crippen molar-refractivity contribution in [2.45, 2.75) is 19.1 Å². The van der Waals surface area contributed by atoms with Crippen LogP contribution < -0.4 is 15.2 Å². The molecule has 9 heteroatoms. The minimum Gasteiger partial charge on any atom is -0.496 e. The lowest BCUT2D eigenvalue weighted by Gasteiger charge is -2.15. The molecule has 0 saturated carbocycles. The van der Waals surface area contributed by atoms with E-state index in [2.05, 4.69) is 4.74 Å². The molecule has 27 heavy (non-hydrogen) atoms. The maximum atomic E-state index is 13.7. The van der Waals surface area contributed by atoms with Gasteiger partial charge in [0.1, 0.15) is 18.4 Å². The van der Waals surface area contributed by atoms with Gasteiger partial charge in [0.15, 0.2) is 17.4 Å². The Bertz CT molecular complexity index is 818. The van der Waals surface area contributed by atoms with E-state index >= 15 is 0 Å². The van der Waals surface area contributed by atoms with Crippen molar-refractivity contribution < 1.29 is 36.6 Å². The molecule has 2 aromatic rings. The first-order valence-electron chi connectivity index (χ1n) is 7.73. The summed E-state index contributed by atoms with van der Waals surface area (Å²) in [5, 5.41) is 0. The number of nitrogens with two attached hydrogens (primary N) is 1. The van der Waals surface area contributed by atoms with Gasteiger partial charge in [0.05, 0.1) is 14.2 Å². The predicted octanol–water partition coefficient (Wildman–Crippen LogP) is 2.87. The Balaban J connectivity index is 2.26. The van der Waals surface area contributed by atoms with Crippen molar-refractivity contribution in [1.29, 1.82) is 0 Å². The van der Waals surface area contributed by atoms with Gasteiger partial charge in [-0.3, -0.25) is 4.79 Å². The summed E-state index contributed by atoms with van der Waals surface area (Å²) in [6.07, 6.45) is 0.126. The molecule has 1 atom stereocenters. The van der Waals surface area contributed by atoms with E-state index in [1.54, 1.807) is 6.07 Å². The van der Waals surface area contributed by atoms with Crippen LogP contribution in [0, 0.1) is 23.3 Å². The van der Waals surface area contributed by atoms with Crippen LogP contribution in [0.5, 0.6) is 11.5 Å². The third-order valence-electron chi connectivity index (χ3n) is 3.75. The highest BCUT2D eigenvalue weighted by atomic mass is 19.2. The number of carbonyl (C=O) groups is 1. The molecule has 0 radical (unpaired) electrons. The van der Waals surface area contributed by atoms with Crippen LogP contribution in [0.1, 0.15) is 11.1 Å². The summed E-state index contributed by atoms with van der Waals surface area (Å²) in [7, 11) is 2.57. The molecule has 2 rings (SSSR count). The van der Waals surface area contributed by atoms with Crippen molar-refractivity contribution >= 4 is 5.97 Å². The lowest BCUT2D eigenvalue weighted by atomic mass is 10.0. The molecule has 0 aromatic heterocycles. The average Bonchev–Trinajstić information content (AvgIpc) is 2.65. The highest BCUT2D eigenvalue weighted by Crippen LogP contribution is 2.29. The van der Waals surface area contributed by atoms with Crippen LogP contribution in [0.2, 0.25) is 0 Å². The molecule has 0 aliphatic heterocycles. The number of ether oxygens (including phenoxy) is 3. The minimum atomic E-state index is -1.64. The zero-order valence-electron chi connectivity index (χ0n) is 14.5. The van der Waals surface area contributed by atoms with Gasteiger partial charge in [0.2, 0.25) is 11.6 Å². The second-order valence-electron chi connectivity index (χ2n) is 5.57. The topological polar surface area (TPSA) is 70.8 Å². The maximum absolute atomic E-state index is 13.7. The summed E-state index contributed by atoms with van der Waals surface area (Å²) in [6, 6.07) is 3.88. The average molecular weight is 387 g/mol. The Morgan fingerprint density at radius 3 is 2.26 bits per heavy atom. The maximum Gasteiger partial charge on any atom is 0.322 e. The highest BCUT2D eigenvalue weighted by Gasteiger charge is 2.21. The van der Waals surface area contributed by atoms with Gasteiger partial charge in [-0.15, -0.1) is 0 Å². The van der Waals surface area contributed by atoms with E-state index in [4.69, 9.17) is 15.2 Å². The molecule has 146 valence electrons. The van der Waals surface area contributed by atoms with Gasteiger partial charge in [-0.25, -0.2) is 8.78 Å². The number of benzene rings is 2. The Labute approximate surface area is 152 Å². The van der Waals surface area contributed by atoms with Gasteiger partial charge < -0.3 is 19.9 Å². The number of carbonyl (C=O) groups excluding carboxylic acids is 1. The fourth-order valence-electron chi connectivity index (χ4n) is 2.39. The van der Waals surface area contributed by atoms with Crippen molar-refractivity contribution in [1.82, 2.24) is 0 Å². The van der Waals surface area contributed by atoms with Crippen LogP contribution in [-0.2, 0) is 22.6 Å². The first kappa shape index (κ1) is 20.5. The number of hydrogen-bond acceptors (Lipinski definition) is 5. The van der Waals surface area contributed by atoms with Crippen LogP contribution in [0.3, 0.4) is 0 Å². The summed E-state index contributed by atoms with van der Waals surface area (Å²) >= 11 is 0. The molecule has 2 aromatic carbocycles.